The molecule has 0 spiro atoms. The zero-order chi connectivity index (χ0) is 15.3. The maximum absolute atomic E-state index is 11.5. The van der Waals surface area contributed by atoms with Crippen LogP contribution in [-0.2, 0) is 4.74 Å². The molecule has 0 bridgehead atoms. The molecule has 0 aliphatic rings. The molecule has 112 valence electrons. The molecule has 0 aliphatic heterocycles. The molecule has 1 rings (SSSR count). The lowest BCUT2D eigenvalue weighted by atomic mass is 10.1. The number of carbonyl (C=O) groups excluding carboxylic acids is 1. The zero-order valence-corrected chi connectivity index (χ0v) is 12.1. The fourth-order valence-corrected chi connectivity index (χ4v) is 1.51. The summed E-state index contributed by atoms with van der Waals surface area (Å²) < 4.78 is 10.0. The molecule has 0 aliphatic carbocycles. The minimum Gasteiger partial charge on any atom is -0.504 e. The smallest absolute Gasteiger partial charge is 0.407 e. The number of methoxy groups -OCH3 is 1. The van der Waals surface area contributed by atoms with Crippen molar-refractivity contribution in [1.29, 1.82) is 0 Å². The van der Waals surface area contributed by atoms with Gasteiger partial charge in [0.2, 0.25) is 0 Å². The minimum atomic E-state index is -0.919. The Morgan fingerprint density at radius 2 is 2.05 bits per heavy atom. The summed E-state index contributed by atoms with van der Waals surface area (Å²) in [6.07, 6.45) is -1.51. The fraction of sp³-hybridized carbons (Fsp3) is 0.500. The van der Waals surface area contributed by atoms with Crippen molar-refractivity contribution >= 4 is 6.09 Å². The normalized spacial score (nSPS) is 12.7. The molecular weight excluding hydrogens is 262 g/mol. The molecule has 0 saturated carbocycles. The summed E-state index contributed by atoms with van der Waals surface area (Å²) in [6, 6.07) is 4.49. The zero-order valence-electron chi connectivity index (χ0n) is 12.1. The molecule has 0 radical (unpaired) electrons. The van der Waals surface area contributed by atoms with Crippen LogP contribution in [0.1, 0.15) is 32.4 Å². The number of aliphatic hydroxyl groups excluding tert-OH is 1. The van der Waals surface area contributed by atoms with Crippen LogP contribution in [0.5, 0.6) is 11.5 Å². The van der Waals surface area contributed by atoms with Gasteiger partial charge in [-0.15, -0.1) is 0 Å². The molecule has 1 aromatic carbocycles. The molecule has 3 N–H and O–H groups in total. The number of phenolic OH excluding ortho intramolecular Hbond substituents is 1. The van der Waals surface area contributed by atoms with E-state index in [1.165, 1.54) is 19.2 Å². The highest BCUT2D eigenvalue weighted by molar-refractivity contribution is 5.67. The number of amides is 1. The van der Waals surface area contributed by atoms with Crippen molar-refractivity contribution in [2.45, 2.75) is 32.5 Å². The number of ether oxygens (including phenoxy) is 2. The van der Waals surface area contributed by atoms with Gasteiger partial charge in [-0.2, -0.15) is 0 Å². The molecule has 0 aromatic heterocycles. The van der Waals surface area contributed by atoms with Gasteiger partial charge in [-0.1, -0.05) is 6.07 Å². The molecule has 6 nitrogen and oxygen atoms in total. The summed E-state index contributed by atoms with van der Waals surface area (Å²) in [5.74, 6) is 0.252. The van der Waals surface area contributed by atoms with E-state index in [1.54, 1.807) is 26.8 Å². The Morgan fingerprint density at radius 3 is 2.60 bits per heavy atom. The third kappa shape index (κ3) is 4.97. The van der Waals surface area contributed by atoms with E-state index >= 15 is 0 Å². The summed E-state index contributed by atoms with van der Waals surface area (Å²) in [4.78, 5) is 11.5. The molecule has 20 heavy (non-hydrogen) atoms. The van der Waals surface area contributed by atoms with E-state index in [0.29, 0.717) is 5.56 Å². The molecule has 0 heterocycles. The topological polar surface area (TPSA) is 88.0 Å². The van der Waals surface area contributed by atoms with Gasteiger partial charge in [0.15, 0.2) is 11.5 Å². The summed E-state index contributed by atoms with van der Waals surface area (Å²) in [7, 11) is 1.42. The van der Waals surface area contributed by atoms with Crippen LogP contribution in [0, 0.1) is 0 Å². The number of hydrogen-bond acceptors (Lipinski definition) is 5. The highest BCUT2D eigenvalue weighted by Crippen LogP contribution is 2.28. The Balaban J connectivity index is 2.59. The van der Waals surface area contributed by atoms with Crippen molar-refractivity contribution in [3.8, 4) is 11.5 Å². The molecule has 1 unspecified atom stereocenters. The maximum Gasteiger partial charge on any atom is 0.407 e. The molecule has 1 atom stereocenters. The van der Waals surface area contributed by atoms with Crippen molar-refractivity contribution in [1.82, 2.24) is 5.32 Å². The summed E-state index contributed by atoms with van der Waals surface area (Å²) in [5, 5.41) is 21.9. The van der Waals surface area contributed by atoms with Crippen LogP contribution in [0.4, 0.5) is 4.79 Å². The van der Waals surface area contributed by atoms with Gasteiger partial charge in [-0.3, -0.25) is 0 Å². The number of hydrogen-bond donors (Lipinski definition) is 3. The number of phenols is 1. The van der Waals surface area contributed by atoms with Crippen LogP contribution in [0.2, 0.25) is 0 Å². The van der Waals surface area contributed by atoms with Gasteiger partial charge in [0, 0.05) is 0 Å². The van der Waals surface area contributed by atoms with Crippen LogP contribution in [0.15, 0.2) is 18.2 Å². The molecule has 1 amide bonds. The molecule has 6 heteroatoms. The number of aromatic hydroxyl groups is 1. The Hall–Kier alpha value is -1.95. The third-order valence-corrected chi connectivity index (χ3v) is 2.43. The second-order valence-electron chi connectivity index (χ2n) is 5.33. The number of benzene rings is 1. The second kappa shape index (κ2) is 6.47. The van der Waals surface area contributed by atoms with Gasteiger partial charge in [-0.25, -0.2) is 4.79 Å². The van der Waals surface area contributed by atoms with E-state index in [4.69, 9.17) is 9.47 Å². The van der Waals surface area contributed by atoms with Gasteiger partial charge in [0.1, 0.15) is 5.60 Å². The summed E-state index contributed by atoms with van der Waals surface area (Å²) in [5.41, 5.74) is -0.0627. The average Bonchev–Trinajstić information content (AvgIpc) is 2.34. The first-order valence-electron chi connectivity index (χ1n) is 6.25. The predicted molar refractivity (Wildman–Crippen MR) is 73.9 cm³/mol. The van der Waals surface area contributed by atoms with Crippen LogP contribution >= 0.6 is 0 Å². The number of carbonyl (C=O) groups is 1. The lowest BCUT2D eigenvalue weighted by Crippen LogP contribution is -2.34. The first-order chi connectivity index (χ1) is 9.23. The predicted octanol–water partition coefficient (Wildman–Crippen LogP) is 1.96. The van der Waals surface area contributed by atoms with Crippen LogP contribution in [-0.4, -0.2) is 35.6 Å². The molecule has 1 aromatic rings. The lowest BCUT2D eigenvalue weighted by molar-refractivity contribution is 0.0491. The minimum absolute atomic E-state index is 0.00282. The summed E-state index contributed by atoms with van der Waals surface area (Å²) >= 11 is 0. The van der Waals surface area contributed by atoms with Crippen LogP contribution in [0.3, 0.4) is 0 Å². The van der Waals surface area contributed by atoms with Gasteiger partial charge < -0.3 is 25.0 Å². The van der Waals surface area contributed by atoms with Gasteiger partial charge in [0.25, 0.3) is 0 Å². The number of alkyl carbamates (subject to hydrolysis) is 1. The third-order valence-electron chi connectivity index (χ3n) is 2.43. The average molecular weight is 283 g/mol. The van der Waals surface area contributed by atoms with Crippen LogP contribution in [0.25, 0.3) is 0 Å². The summed E-state index contributed by atoms with van der Waals surface area (Å²) in [6.45, 7) is 5.28. The SMILES string of the molecule is COc1cc(C(O)CNC(=O)OC(C)(C)C)ccc1O. The second-order valence-corrected chi connectivity index (χ2v) is 5.33. The van der Waals surface area contributed by atoms with Crippen molar-refractivity contribution < 1.29 is 24.5 Å². The first kappa shape index (κ1) is 16.1. The van der Waals surface area contributed by atoms with E-state index in [1.807, 2.05) is 0 Å². The van der Waals surface area contributed by atoms with Crippen molar-refractivity contribution in [3.63, 3.8) is 0 Å². The van der Waals surface area contributed by atoms with Gasteiger partial charge >= 0.3 is 6.09 Å². The number of aliphatic hydroxyl groups is 1. The molecular formula is C14H21NO5. The van der Waals surface area contributed by atoms with E-state index in [2.05, 4.69) is 5.32 Å². The Morgan fingerprint density at radius 1 is 1.40 bits per heavy atom. The van der Waals surface area contributed by atoms with E-state index < -0.39 is 17.8 Å². The van der Waals surface area contributed by atoms with E-state index in [-0.39, 0.29) is 18.0 Å². The molecule has 0 saturated heterocycles. The lowest BCUT2D eigenvalue weighted by Gasteiger charge is -2.20. The van der Waals surface area contributed by atoms with Crippen LogP contribution < -0.4 is 10.1 Å². The van der Waals surface area contributed by atoms with Crippen molar-refractivity contribution in [2.24, 2.45) is 0 Å². The largest absolute Gasteiger partial charge is 0.504 e. The quantitative estimate of drug-likeness (QED) is 0.786. The van der Waals surface area contributed by atoms with Crippen molar-refractivity contribution in [2.75, 3.05) is 13.7 Å². The van der Waals surface area contributed by atoms with E-state index in [0.717, 1.165) is 0 Å². The maximum atomic E-state index is 11.5. The van der Waals surface area contributed by atoms with Gasteiger partial charge in [-0.05, 0) is 38.5 Å². The fourth-order valence-electron chi connectivity index (χ4n) is 1.51. The number of nitrogens with one attached hydrogen (secondary N) is 1. The Kier molecular flexibility index (Phi) is 5.21. The van der Waals surface area contributed by atoms with E-state index in [9.17, 15) is 15.0 Å². The highest BCUT2D eigenvalue weighted by atomic mass is 16.6. The Bertz CT molecular complexity index is 467. The van der Waals surface area contributed by atoms with Crippen molar-refractivity contribution in [3.05, 3.63) is 23.8 Å². The number of rotatable bonds is 4. The first-order valence-corrected chi connectivity index (χ1v) is 6.25. The monoisotopic (exact) mass is 283 g/mol. The standard InChI is InChI=1S/C14H21NO5/c1-14(2,3)20-13(18)15-8-11(17)9-5-6-10(16)12(7-9)19-4/h5-7,11,16-17H,8H2,1-4H3,(H,15,18). The van der Waals surface area contributed by atoms with Gasteiger partial charge in [0.05, 0.1) is 19.8 Å². The Labute approximate surface area is 118 Å². The molecule has 0 fully saturated rings. The highest BCUT2D eigenvalue weighted by Gasteiger charge is 2.17.